The second-order valence-corrected chi connectivity index (χ2v) is 11.5. The van der Waals surface area contributed by atoms with Gasteiger partial charge in [0, 0.05) is 12.1 Å². The zero-order valence-corrected chi connectivity index (χ0v) is 20.4. The minimum absolute atomic E-state index is 0.0294. The molecule has 0 radical (unpaired) electrons. The Kier molecular flexibility index (Phi) is 6.63. The summed E-state index contributed by atoms with van der Waals surface area (Å²) in [6, 6.07) is 21.8. The average molecular weight is 500 g/mol. The Morgan fingerprint density at radius 3 is 2.18 bits per heavy atom. The summed E-state index contributed by atoms with van der Waals surface area (Å²) in [6.45, 7) is 1.56. The fourth-order valence-electron chi connectivity index (χ4n) is 3.65. The number of rotatable bonds is 8. The van der Waals surface area contributed by atoms with Gasteiger partial charge < -0.3 is 4.74 Å². The lowest BCUT2D eigenvalue weighted by molar-refractivity contribution is 0.371. The molecule has 0 aromatic heterocycles. The van der Waals surface area contributed by atoms with Crippen molar-refractivity contribution in [1.29, 1.82) is 0 Å². The molecule has 1 unspecified atom stereocenters. The summed E-state index contributed by atoms with van der Waals surface area (Å²) in [5, 5.41) is 4.52. The van der Waals surface area contributed by atoms with E-state index in [-0.39, 0.29) is 10.6 Å². The van der Waals surface area contributed by atoms with Gasteiger partial charge in [-0.25, -0.2) is 8.42 Å². The topological polar surface area (TPSA) is 105 Å². The Labute approximate surface area is 200 Å². The van der Waals surface area contributed by atoms with Crippen LogP contribution in [0, 0.1) is 0 Å². The lowest BCUT2D eigenvalue weighted by Crippen LogP contribution is -2.27. The Balaban J connectivity index is 1.70. The van der Waals surface area contributed by atoms with E-state index in [4.69, 9.17) is 4.74 Å². The third-order valence-corrected chi connectivity index (χ3v) is 8.54. The summed E-state index contributed by atoms with van der Waals surface area (Å²) in [5.41, 5.74) is 2.57. The van der Waals surface area contributed by atoms with Crippen molar-refractivity contribution in [3.8, 4) is 5.75 Å². The third-order valence-electron chi connectivity index (χ3n) is 5.53. The first kappa shape index (κ1) is 23.8. The van der Waals surface area contributed by atoms with Gasteiger partial charge in [0.05, 0.1) is 29.5 Å². The number of hydrazone groups is 1. The quantitative estimate of drug-likeness (QED) is 0.504. The molecular weight excluding hydrogens is 474 g/mol. The highest BCUT2D eigenvalue weighted by molar-refractivity contribution is 7.92. The van der Waals surface area contributed by atoms with E-state index in [0.717, 1.165) is 9.98 Å². The van der Waals surface area contributed by atoms with Crippen molar-refractivity contribution in [2.75, 3.05) is 17.6 Å². The van der Waals surface area contributed by atoms with Crippen LogP contribution in [-0.2, 0) is 20.0 Å². The molecular formula is C24H25N3O5S2. The number of methoxy groups -OCH3 is 1. The zero-order chi connectivity index (χ0) is 24.3. The molecule has 1 N–H and O–H groups in total. The molecule has 10 heteroatoms. The Hall–Kier alpha value is -3.37. The number of hydrogen-bond acceptors (Lipinski definition) is 6. The van der Waals surface area contributed by atoms with Crippen LogP contribution >= 0.6 is 0 Å². The second-order valence-electron chi connectivity index (χ2n) is 7.71. The highest BCUT2D eigenvalue weighted by Crippen LogP contribution is 2.37. The molecule has 1 atom stereocenters. The van der Waals surface area contributed by atoms with Crippen molar-refractivity contribution >= 4 is 31.4 Å². The van der Waals surface area contributed by atoms with Crippen molar-refractivity contribution in [3.05, 3.63) is 90.0 Å². The first-order valence-corrected chi connectivity index (χ1v) is 13.7. The van der Waals surface area contributed by atoms with Crippen molar-refractivity contribution in [3.63, 3.8) is 0 Å². The van der Waals surface area contributed by atoms with E-state index in [0.29, 0.717) is 29.1 Å². The molecule has 0 saturated heterocycles. The van der Waals surface area contributed by atoms with Crippen LogP contribution in [0.1, 0.15) is 30.5 Å². The van der Waals surface area contributed by atoms with Gasteiger partial charge in [0.25, 0.3) is 10.0 Å². The van der Waals surface area contributed by atoms with E-state index in [2.05, 4.69) is 9.82 Å². The largest absolute Gasteiger partial charge is 0.497 e. The molecule has 1 aliphatic heterocycles. The number of ether oxygens (including phenoxy) is 1. The number of hydrogen-bond donors (Lipinski definition) is 1. The van der Waals surface area contributed by atoms with Crippen molar-refractivity contribution < 1.29 is 21.6 Å². The van der Waals surface area contributed by atoms with Crippen LogP contribution in [0.4, 0.5) is 5.69 Å². The molecule has 178 valence electrons. The van der Waals surface area contributed by atoms with Crippen LogP contribution in [0.25, 0.3) is 0 Å². The molecule has 1 heterocycles. The lowest BCUT2D eigenvalue weighted by atomic mass is 9.99. The smallest absolute Gasteiger partial charge is 0.279 e. The van der Waals surface area contributed by atoms with Crippen LogP contribution in [0.2, 0.25) is 0 Å². The van der Waals surface area contributed by atoms with E-state index < -0.39 is 26.1 Å². The van der Waals surface area contributed by atoms with Crippen LogP contribution < -0.4 is 9.46 Å². The summed E-state index contributed by atoms with van der Waals surface area (Å²) in [5.74, 6) is 0.529. The predicted molar refractivity (Wildman–Crippen MR) is 132 cm³/mol. The van der Waals surface area contributed by atoms with E-state index in [1.54, 1.807) is 43.3 Å². The molecule has 34 heavy (non-hydrogen) atoms. The van der Waals surface area contributed by atoms with Gasteiger partial charge in [-0.2, -0.15) is 17.9 Å². The number of anilines is 1. The highest BCUT2D eigenvalue weighted by atomic mass is 32.2. The standard InChI is InChI=1S/C24H25N3O5S2/c1-3-33(28,29)26-20-11-9-18(10-12-20)23-17-24(19-7-5-4-6-8-19)27(25-23)34(30,31)22-15-13-21(32-2)14-16-22/h4-16,24,26H,3,17H2,1-2H3. The maximum Gasteiger partial charge on any atom is 0.279 e. The number of sulfonamides is 2. The fourth-order valence-corrected chi connectivity index (χ4v) is 5.72. The van der Waals surface area contributed by atoms with Crippen LogP contribution in [-0.4, -0.2) is 39.8 Å². The minimum atomic E-state index is -3.94. The summed E-state index contributed by atoms with van der Waals surface area (Å²) in [4.78, 5) is 0.114. The van der Waals surface area contributed by atoms with Crippen molar-refractivity contribution in [1.82, 2.24) is 4.41 Å². The molecule has 0 fully saturated rings. The second kappa shape index (κ2) is 9.47. The molecule has 8 nitrogen and oxygen atoms in total. The Bertz CT molecular complexity index is 1390. The summed E-state index contributed by atoms with van der Waals surface area (Å²) in [7, 11) is -5.81. The summed E-state index contributed by atoms with van der Waals surface area (Å²) < 4.78 is 59.5. The maximum absolute atomic E-state index is 13.5. The first-order valence-electron chi connectivity index (χ1n) is 10.7. The Morgan fingerprint density at radius 1 is 0.941 bits per heavy atom. The van der Waals surface area contributed by atoms with Crippen molar-refractivity contribution in [2.24, 2.45) is 5.10 Å². The van der Waals surface area contributed by atoms with E-state index in [1.807, 2.05) is 30.3 Å². The summed E-state index contributed by atoms with van der Waals surface area (Å²) >= 11 is 0. The number of nitrogens with one attached hydrogen (secondary N) is 1. The number of benzene rings is 3. The average Bonchev–Trinajstić information content (AvgIpc) is 3.31. The zero-order valence-electron chi connectivity index (χ0n) is 18.7. The van der Waals surface area contributed by atoms with Crippen LogP contribution in [0.15, 0.2) is 88.9 Å². The normalized spacial score (nSPS) is 16.2. The summed E-state index contributed by atoms with van der Waals surface area (Å²) in [6.07, 6.45) is 0.374. The molecule has 4 rings (SSSR count). The molecule has 0 amide bonds. The van der Waals surface area contributed by atoms with E-state index >= 15 is 0 Å². The van der Waals surface area contributed by atoms with Gasteiger partial charge in [-0.3, -0.25) is 4.72 Å². The maximum atomic E-state index is 13.5. The van der Waals surface area contributed by atoms with Gasteiger partial charge in [-0.1, -0.05) is 42.5 Å². The third kappa shape index (κ3) is 4.92. The lowest BCUT2D eigenvalue weighted by Gasteiger charge is -2.23. The van der Waals surface area contributed by atoms with E-state index in [1.165, 1.54) is 19.2 Å². The molecule has 0 saturated carbocycles. The van der Waals surface area contributed by atoms with Gasteiger partial charge in [0.15, 0.2) is 0 Å². The molecule has 0 spiro atoms. The highest BCUT2D eigenvalue weighted by Gasteiger charge is 2.37. The Morgan fingerprint density at radius 2 is 1.59 bits per heavy atom. The fraction of sp³-hybridized carbons (Fsp3) is 0.208. The minimum Gasteiger partial charge on any atom is -0.497 e. The van der Waals surface area contributed by atoms with Gasteiger partial charge >= 0.3 is 0 Å². The van der Waals surface area contributed by atoms with Gasteiger partial charge in [0.2, 0.25) is 10.0 Å². The molecule has 3 aromatic carbocycles. The predicted octanol–water partition coefficient (Wildman–Crippen LogP) is 4.00. The molecule has 0 aliphatic carbocycles. The van der Waals surface area contributed by atoms with Crippen LogP contribution in [0.3, 0.4) is 0 Å². The number of nitrogens with zero attached hydrogens (tertiary/aromatic N) is 2. The monoisotopic (exact) mass is 499 g/mol. The van der Waals surface area contributed by atoms with Crippen molar-refractivity contribution in [2.45, 2.75) is 24.3 Å². The first-order chi connectivity index (χ1) is 16.2. The SMILES string of the molecule is CCS(=O)(=O)Nc1ccc(C2=NN(S(=O)(=O)c3ccc(OC)cc3)C(c3ccccc3)C2)cc1. The molecule has 0 bridgehead atoms. The van der Waals surface area contributed by atoms with Gasteiger partial charge in [-0.15, -0.1) is 0 Å². The van der Waals surface area contributed by atoms with Gasteiger partial charge in [0.1, 0.15) is 5.75 Å². The van der Waals surface area contributed by atoms with E-state index in [9.17, 15) is 16.8 Å². The molecule has 1 aliphatic rings. The molecule has 3 aromatic rings. The van der Waals surface area contributed by atoms with Gasteiger partial charge in [-0.05, 0) is 54.4 Å². The van der Waals surface area contributed by atoms with Crippen LogP contribution in [0.5, 0.6) is 5.75 Å².